The molecule has 0 radical (unpaired) electrons. The standard InChI is InChI=1S/C18H22N4O/c1-13-6-8-15(9-7-13)21-17-12-16(19-14(2)20-17)18(23)22-10-4-3-5-11-22/h6-9,12H,3-5,10-11H2,1-2H3,(H,19,20,21). The molecule has 1 amide bonds. The van der Waals surface area contributed by atoms with Gasteiger partial charge in [0.05, 0.1) is 0 Å². The van der Waals surface area contributed by atoms with Gasteiger partial charge in [0, 0.05) is 24.8 Å². The maximum absolute atomic E-state index is 12.6. The highest BCUT2D eigenvalue weighted by molar-refractivity contribution is 5.93. The van der Waals surface area contributed by atoms with Crippen LogP contribution in [0, 0.1) is 13.8 Å². The molecule has 5 nitrogen and oxygen atoms in total. The molecule has 1 N–H and O–H groups in total. The van der Waals surface area contributed by atoms with Crippen molar-refractivity contribution < 1.29 is 4.79 Å². The Bertz CT molecular complexity index is 691. The van der Waals surface area contributed by atoms with Crippen molar-refractivity contribution in [3.05, 3.63) is 47.4 Å². The van der Waals surface area contributed by atoms with E-state index in [2.05, 4.69) is 15.3 Å². The molecule has 120 valence electrons. The third-order valence-electron chi connectivity index (χ3n) is 4.02. The van der Waals surface area contributed by atoms with Crippen LogP contribution in [-0.4, -0.2) is 33.9 Å². The summed E-state index contributed by atoms with van der Waals surface area (Å²) in [5.74, 6) is 1.26. The Balaban J connectivity index is 1.80. The second-order valence-corrected chi connectivity index (χ2v) is 6.03. The first-order valence-electron chi connectivity index (χ1n) is 8.10. The summed E-state index contributed by atoms with van der Waals surface area (Å²) in [5, 5.41) is 3.25. The van der Waals surface area contributed by atoms with Crippen LogP contribution in [0.4, 0.5) is 11.5 Å². The maximum atomic E-state index is 12.6. The predicted octanol–water partition coefficient (Wildman–Crippen LogP) is 3.46. The number of rotatable bonds is 3. The molecule has 3 rings (SSSR count). The molecule has 23 heavy (non-hydrogen) atoms. The summed E-state index contributed by atoms with van der Waals surface area (Å²) in [4.78, 5) is 23.2. The van der Waals surface area contributed by atoms with Crippen LogP contribution in [0.3, 0.4) is 0 Å². The number of benzene rings is 1. The molecule has 0 bridgehead atoms. The highest BCUT2D eigenvalue weighted by Crippen LogP contribution is 2.18. The lowest BCUT2D eigenvalue weighted by atomic mass is 10.1. The Morgan fingerprint density at radius 3 is 2.43 bits per heavy atom. The van der Waals surface area contributed by atoms with E-state index in [1.165, 1.54) is 12.0 Å². The molecule has 1 aliphatic heterocycles. The highest BCUT2D eigenvalue weighted by atomic mass is 16.2. The molecule has 0 spiro atoms. The van der Waals surface area contributed by atoms with Crippen LogP contribution in [0.5, 0.6) is 0 Å². The molecule has 1 aromatic carbocycles. The first-order chi connectivity index (χ1) is 11.1. The maximum Gasteiger partial charge on any atom is 0.272 e. The van der Waals surface area contributed by atoms with Gasteiger partial charge in [0.25, 0.3) is 5.91 Å². The van der Waals surface area contributed by atoms with Gasteiger partial charge >= 0.3 is 0 Å². The van der Waals surface area contributed by atoms with Crippen LogP contribution < -0.4 is 5.32 Å². The van der Waals surface area contributed by atoms with Crippen LogP contribution >= 0.6 is 0 Å². The molecule has 0 atom stereocenters. The van der Waals surface area contributed by atoms with Crippen molar-refractivity contribution in [3.8, 4) is 0 Å². The second-order valence-electron chi connectivity index (χ2n) is 6.03. The predicted molar refractivity (Wildman–Crippen MR) is 91.0 cm³/mol. The number of carbonyl (C=O) groups is 1. The molecule has 1 aromatic heterocycles. The molecule has 1 saturated heterocycles. The lowest BCUT2D eigenvalue weighted by Gasteiger charge is -2.26. The zero-order valence-corrected chi connectivity index (χ0v) is 13.7. The fraction of sp³-hybridized carbons (Fsp3) is 0.389. The van der Waals surface area contributed by atoms with Crippen molar-refractivity contribution in [2.24, 2.45) is 0 Å². The van der Waals surface area contributed by atoms with E-state index in [4.69, 9.17) is 0 Å². The van der Waals surface area contributed by atoms with Crippen molar-refractivity contribution in [1.29, 1.82) is 0 Å². The van der Waals surface area contributed by atoms with Crippen molar-refractivity contribution in [2.45, 2.75) is 33.1 Å². The lowest BCUT2D eigenvalue weighted by Crippen LogP contribution is -2.36. The molecule has 0 aliphatic carbocycles. The van der Waals surface area contributed by atoms with E-state index in [0.717, 1.165) is 31.6 Å². The van der Waals surface area contributed by atoms with E-state index in [1.807, 2.05) is 43.0 Å². The zero-order chi connectivity index (χ0) is 16.2. The third kappa shape index (κ3) is 3.86. The fourth-order valence-corrected chi connectivity index (χ4v) is 2.79. The first-order valence-corrected chi connectivity index (χ1v) is 8.10. The Kier molecular flexibility index (Phi) is 4.55. The summed E-state index contributed by atoms with van der Waals surface area (Å²) >= 11 is 0. The second kappa shape index (κ2) is 6.77. The van der Waals surface area contributed by atoms with Gasteiger partial charge in [-0.1, -0.05) is 17.7 Å². The number of aromatic nitrogens is 2. The number of nitrogens with zero attached hydrogens (tertiary/aromatic N) is 3. The molecular weight excluding hydrogens is 288 g/mol. The van der Waals surface area contributed by atoms with Gasteiger partial charge in [-0.15, -0.1) is 0 Å². The van der Waals surface area contributed by atoms with Crippen LogP contribution in [0.15, 0.2) is 30.3 Å². The lowest BCUT2D eigenvalue weighted by molar-refractivity contribution is 0.0718. The smallest absolute Gasteiger partial charge is 0.272 e. The number of nitrogens with one attached hydrogen (secondary N) is 1. The topological polar surface area (TPSA) is 58.1 Å². The number of amides is 1. The van der Waals surface area contributed by atoms with Gasteiger partial charge in [-0.05, 0) is 45.2 Å². The Labute approximate surface area is 136 Å². The Morgan fingerprint density at radius 1 is 1.04 bits per heavy atom. The fourth-order valence-electron chi connectivity index (χ4n) is 2.79. The minimum atomic E-state index is 0.00200. The van der Waals surface area contributed by atoms with Gasteiger partial charge in [-0.25, -0.2) is 9.97 Å². The van der Waals surface area contributed by atoms with E-state index in [-0.39, 0.29) is 5.91 Å². The average Bonchev–Trinajstić information content (AvgIpc) is 2.56. The van der Waals surface area contributed by atoms with Gasteiger partial charge < -0.3 is 10.2 Å². The van der Waals surface area contributed by atoms with Crippen molar-refractivity contribution in [3.63, 3.8) is 0 Å². The molecule has 0 saturated carbocycles. The van der Waals surface area contributed by atoms with Gasteiger partial charge in [0.2, 0.25) is 0 Å². The van der Waals surface area contributed by atoms with Crippen LogP contribution in [0.1, 0.15) is 41.1 Å². The van der Waals surface area contributed by atoms with Gasteiger partial charge in [0.1, 0.15) is 17.3 Å². The summed E-state index contributed by atoms with van der Waals surface area (Å²) in [6.07, 6.45) is 3.35. The van der Waals surface area contributed by atoms with Crippen molar-refractivity contribution in [1.82, 2.24) is 14.9 Å². The molecule has 0 unspecified atom stereocenters. The Hall–Kier alpha value is -2.43. The van der Waals surface area contributed by atoms with Crippen molar-refractivity contribution >= 4 is 17.4 Å². The van der Waals surface area contributed by atoms with E-state index in [9.17, 15) is 4.79 Å². The first kappa shape index (κ1) is 15.5. The molecular formula is C18H22N4O. The quantitative estimate of drug-likeness (QED) is 0.943. The van der Waals surface area contributed by atoms with Crippen molar-refractivity contribution in [2.75, 3.05) is 18.4 Å². The summed E-state index contributed by atoms with van der Waals surface area (Å²) < 4.78 is 0. The zero-order valence-electron chi connectivity index (χ0n) is 13.7. The highest BCUT2D eigenvalue weighted by Gasteiger charge is 2.20. The molecule has 2 aromatic rings. The number of piperidine rings is 1. The number of likely N-dealkylation sites (tertiary alicyclic amines) is 1. The van der Waals surface area contributed by atoms with Gasteiger partial charge in [0.15, 0.2) is 0 Å². The molecule has 1 fully saturated rings. The largest absolute Gasteiger partial charge is 0.340 e. The molecule has 5 heteroatoms. The number of anilines is 2. The molecule has 2 heterocycles. The summed E-state index contributed by atoms with van der Waals surface area (Å²) in [6, 6.07) is 9.81. The number of carbonyl (C=O) groups excluding carboxylic acids is 1. The van der Waals surface area contributed by atoms with E-state index in [0.29, 0.717) is 17.3 Å². The SMILES string of the molecule is Cc1ccc(Nc2cc(C(=O)N3CCCCC3)nc(C)n2)cc1. The monoisotopic (exact) mass is 310 g/mol. The Morgan fingerprint density at radius 2 is 1.74 bits per heavy atom. The normalized spacial score (nSPS) is 14.6. The average molecular weight is 310 g/mol. The number of aryl methyl sites for hydroxylation is 2. The summed E-state index contributed by atoms with van der Waals surface area (Å²) in [6.45, 7) is 5.51. The minimum Gasteiger partial charge on any atom is -0.340 e. The summed E-state index contributed by atoms with van der Waals surface area (Å²) in [7, 11) is 0. The summed E-state index contributed by atoms with van der Waals surface area (Å²) in [5.41, 5.74) is 2.62. The minimum absolute atomic E-state index is 0.00200. The van der Waals surface area contributed by atoms with E-state index in [1.54, 1.807) is 6.07 Å². The van der Waals surface area contributed by atoms with Crippen LogP contribution in [-0.2, 0) is 0 Å². The third-order valence-corrected chi connectivity index (χ3v) is 4.02. The van der Waals surface area contributed by atoms with Gasteiger partial charge in [-0.2, -0.15) is 0 Å². The molecule has 1 aliphatic rings. The van der Waals surface area contributed by atoms with E-state index < -0.39 is 0 Å². The number of hydrogen-bond acceptors (Lipinski definition) is 4. The number of hydrogen-bond donors (Lipinski definition) is 1. The van der Waals surface area contributed by atoms with E-state index >= 15 is 0 Å². The van der Waals surface area contributed by atoms with Crippen LogP contribution in [0.25, 0.3) is 0 Å². The van der Waals surface area contributed by atoms with Gasteiger partial charge in [-0.3, -0.25) is 4.79 Å². The van der Waals surface area contributed by atoms with Crippen LogP contribution in [0.2, 0.25) is 0 Å².